The zero-order chi connectivity index (χ0) is 19.9. The molecule has 0 unspecified atom stereocenters. The lowest BCUT2D eigenvalue weighted by molar-refractivity contribution is 0.0947. The van der Waals surface area contributed by atoms with Gasteiger partial charge in [-0.3, -0.25) is 9.69 Å². The lowest BCUT2D eigenvalue weighted by Gasteiger charge is -2.15. The van der Waals surface area contributed by atoms with Crippen LogP contribution in [-0.2, 0) is 13.1 Å². The van der Waals surface area contributed by atoms with Crippen LogP contribution in [0.1, 0.15) is 34.3 Å². The molecule has 150 valence electrons. The van der Waals surface area contributed by atoms with Gasteiger partial charge >= 0.3 is 0 Å². The fourth-order valence-electron chi connectivity index (χ4n) is 3.45. The Kier molecular flexibility index (Phi) is 6.76. The third-order valence-corrected chi connectivity index (χ3v) is 5.03. The van der Waals surface area contributed by atoms with Crippen LogP contribution in [0, 0.1) is 0 Å². The Labute approximate surface area is 166 Å². The summed E-state index contributed by atoms with van der Waals surface area (Å²) in [6, 6.07) is 11.7. The molecule has 1 fully saturated rings. The van der Waals surface area contributed by atoms with Crippen LogP contribution in [0.3, 0.4) is 0 Å². The summed E-state index contributed by atoms with van der Waals surface area (Å²) in [6.07, 6.45) is 2.59. The quantitative estimate of drug-likeness (QED) is 0.757. The summed E-state index contributed by atoms with van der Waals surface area (Å²) in [6.45, 7) is 3.81. The molecule has 6 heteroatoms. The molecular weight excluding hydrogens is 356 g/mol. The summed E-state index contributed by atoms with van der Waals surface area (Å²) in [5.41, 5.74) is 2.77. The third kappa shape index (κ3) is 4.75. The molecule has 0 spiro atoms. The number of carbonyl (C=O) groups excluding carboxylic acids is 1. The van der Waals surface area contributed by atoms with Gasteiger partial charge in [-0.25, -0.2) is 0 Å². The van der Waals surface area contributed by atoms with E-state index in [1.807, 2.05) is 0 Å². The van der Waals surface area contributed by atoms with Gasteiger partial charge in [-0.1, -0.05) is 24.3 Å². The standard InChI is InChI=1S/C22H28N2O4/c1-26-19-13-21(28-3)20(27-2)12-18(19)22(25)23-14-16-6-8-17(9-7-16)15-24-10-4-5-11-24/h6-9,12-13H,4-5,10-11,14-15H2,1-3H3,(H,23,25). The minimum absolute atomic E-state index is 0.223. The van der Waals surface area contributed by atoms with Crippen LogP contribution in [-0.4, -0.2) is 45.2 Å². The molecule has 0 aromatic heterocycles. The summed E-state index contributed by atoms with van der Waals surface area (Å²) in [5.74, 6) is 1.22. The van der Waals surface area contributed by atoms with Crippen molar-refractivity contribution in [2.75, 3.05) is 34.4 Å². The average molecular weight is 384 g/mol. The maximum Gasteiger partial charge on any atom is 0.255 e. The second-order valence-electron chi connectivity index (χ2n) is 6.89. The number of amides is 1. The smallest absolute Gasteiger partial charge is 0.255 e. The van der Waals surface area contributed by atoms with Crippen LogP contribution >= 0.6 is 0 Å². The van der Waals surface area contributed by atoms with Gasteiger partial charge in [0.1, 0.15) is 5.75 Å². The van der Waals surface area contributed by atoms with E-state index in [4.69, 9.17) is 14.2 Å². The second kappa shape index (κ2) is 9.46. The van der Waals surface area contributed by atoms with Crippen LogP contribution in [0.15, 0.2) is 36.4 Å². The van der Waals surface area contributed by atoms with Gasteiger partial charge < -0.3 is 19.5 Å². The van der Waals surface area contributed by atoms with E-state index in [1.54, 1.807) is 19.2 Å². The largest absolute Gasteiger partial charge is 0.496 e. The fraction of sp³-hybridized carbons (Fsp3) is 0.409. The van der Waals surface area contributed by atoms with Crippen molar-refractivity contribution in [2.24, 2.45) is 0 Å². The molecular formula is C22H28N2O4. The Morgan fingerprint density at radius 1 is 0.893 bits per heavy atom. The van der Waals surface area contributed by atoms with E-state index in [0.29, 0.717) is 29.4 Å². The molecule has 1 saturated heterocycles. The van der Waals surface area contributed by atoms with Crippen LogP contribution in [0.5, 0.6) is 17.2 Å². The molecule has 0 atom stereocenters. The molecule has 2 aromatic carbocycles. The monoisotopic (exact) mass is 384 g/mol. The van der Waals surface area contributed by atoms with Crippen LogP contribution in [0.25, 0.3) is 0 Å². The molecule has 28 heavy (non-hydrogen) atoms. The first kappa shape index (κ1) is 20.0. The van der Waals surface area contributed by atoms with Gasteiger partial charge in [0, 0.05) is 25.2 Å². The van der Waals surface area contributed by atoms with E-state index < -0.39 is 0 Å². The number of carbonyl (C=O) groups is 1. The van der Waals surface area contributed by atoms with Gasteiger partial charge in [0.05, 0.1) is 26.9 Å². The first-order valence-corrected chi connectivity index (χ1v) is 9.53. The predicted molar refractivity (Wildman–Crippen MR) is 108 cm³/mol. The SMILES string of the molecule is COc1cc(OC)c(C(=O)NCc2ccc(CN3CCCC3)cc2)cc1OC. The van der Waals surface area contributed by atoms with E-state index in [2.05, 4.69) is 34.5 Å². The highest BCUT2D eigenvalue weighted by Crippen LogP contribution is 2.34. The number of rotatable bonds is 8. The summed E-state index contributed by atoms with van der Waals surface area (Å²) in [5, 5.41) is 2.95. The minimum Gasteiger partial charge on any atom is -0.496 e. The van der Waals surface area contributed by atoms with Gasteiger partial charge in [-0.05, 0) is 37.1 Å². The van der Waals surface area contributed by atoms with Crippen molar-refractivity contribution in [1.82, 2.24) is 10.2 Å². The van der Waals surface area contributed by atoms with Crippen LogP contribution in [0.2, 0.25) is 0 Å². The summed E-state index contributed by atoms with van der Waals surface area (Å²) < 4.78 is 15.9. The van der Waals surface area contributed by atoms with Crippen LogP contribution in [0.4, 0.5) is 0 Å². The molecule has 0 aliphatic carbocycles. The number of nitrogens with one attached hydrogen (secondary N) is 1. The molecule has 6 nitrogen and oxygen atoms in total. The van der Waals surface area contributed by atoms with Crippen molar-refractivity contribution in [1.29, 1.82) is 0 Å². The number of methoxy groups -OCH3 is 3. The fourth-order valence-corrected chi connectivity index (χ4v) is 3.45. The molecule has 1 heterocycles. The zero-order valence-electron chi connectivity index (χ0n) is 16.8. The maximum absolute atomic E-state index is 12.7. The number of benzene rings is 2. The molecule has 0 bridgehead atoms. The Hall–Kier alpha value is -2.73. The second-order valence-corrected chi connectivity index (χ2v) is 6.89. The molecule has 0 radical (unpaired) electrons. The lowest BCUT2D eigenvalue weighted by Crippen LogP contribution is -2.23. The first-order valence-electron chi connectivity index (χ1n) is 9.53. The Balaban J connectivity index is 1.63. The molecule has 1 aliphatic rings. The van der Waals surface area contributed by atoms with E-state index in [0.717, 1.165) is 12.1 Å². The Bertz CT molecular complexity index is 799. The number of likely N-dealkylation sites (tertiary alicyclic amines) is 1. The number of hydrogen-bond acceptors (Lipinski definition) is 5. The van der Waals surface area contributed by atoms with Crippen molar-refractivity contribution in [3.8, 4) is 17.2 Å². The molecule has 3 rings (SSSR count). The van der Waals surface area contributed by atoms with Gasteiger partial charge in [-0.15, -0.1) is 0 Å². The van der Waals surface area contributed by atoms with Crippen LogP contribution < -0.4 is 19.5 Å². The normalized spacial score (nSPS) is 14.0. The maximum atomic E-state index is 12.7. The van der Waals surface area contributed by atoms with E-state index in [-0.39, 0.29) is 5.91 Å². The van der Waals surface area contributed by atoms with Gasteiger partial charge in [0.15, 0.2) is 11.5 Å². The average Bonchev–Trinajstić information content (AvgIpc) is 3.25. The van der Waals surface area contributed by atoms with E-state index in [1.165, 1.54) is 45.7 Å². The van der Waals surface area contributed by atoms with Crippen molar-refractivity contribution < 1.29 is 19.0 Å². The van der Waals surface area contributed by atoms with Crippen molar-refractivity contribution in [3.05, 3.63) is 53.1 Å². The Morgan fingerprint density at radius 2 is 1.46 bits per heavy atom. The highest BCUT2D eigenvalue weighted by molar-refractivity contribution is 5.97. The predicted octanol–water partition coefficient (Wildman–Crippen LogP) is 3.24. The zero-order valence-corrected chi connectivity index (χ0v) is 16.8. The molecule has 1 N–H and O–H groups in total. The van der Waals surface area contributed by atoms with Gasteiger partial charge in [0.25, 0.3) is 5.91 Å². The van der Waals surface area contributed by atoms with Crippen molar-refractivity contribution in [3.63, 3.8) is 0 Å². The minimum atomic E-state index is -0.223. The third-order valence-electron chi connectivity index (χ3n) is 5.03. The van der Waals surface area contributed by atoms with E-state index >= 15 is 0 Å². The summed E-state index contributed by atoms with van der Waals surface area (Å²) >= 11 is 0. The molecule has 2 aromatic rings. The topological polar surface area (TPSA) is 60.0 Å². The van der Waals surface area contributed by atoms with Gasteiger partial charge in [-0.2, -0.15) is 0 Å². The number of nitrogens with zero attached hydrogens (tertiary/aromatic N) is 1. The number of hydrogen-bond donors (Lipinski definition) is 1. The summed E-state index contributed by atoms with van der Waals surface area (Å²) in [4.78, 5) is 15.1. The summed E-state index contributed by atoms with van der Waals surface area (Å²) in [7, 11) is 4.61. The first-order chi connectivity index (χ1) is 13.6. The van der Waals surface area contributed by atoms with E-state index in [9.17, 15) is 4.79 Å². The Morgan fingerprint density at radius 3 is 2.07 bits per heavy atom. The molecule has 1 amide bonds. The van der Waals surface area contributed by atoms with Crippen molar-refractivity contribution in [2.45, 2.75) is 25.9 Å². The lowest BCUT2D eigenvalue weighted by atomic mass is 10.1. The molecule has 0 saturated carbocycles. The van der Waals surface area contributed by atoms with Gasteiger partial charge in [0.2, 0.25) is 0 Å². The highest BCUT2D eigenvalue weighted by atomic mass is 16.5. The van der Waals surface area contributed by atoms with Crippen molar-refractivity contribution >= 4 is 5.91 Å². The highest BCUT2D eigenvalue weighted by Gasteiger charge is 2.17. The number of ether oxygens (including phenoxy) is 3. The molecule has 1 aliphatic heterocycles.